The van der Waals surface area contributed by atoms with Gasteiger partial charge in [0.1, 0.15) is 5.56 Å². The van der Waals surface area contributed by atoms with E-state index < -0.39 is 33.8 Å². The summed E-state index contributed by atoms with van der Waals surface area (Å²) in [5, 5.41) is 13.3. The van der Waals surface area contributed by atoms with Crippen molar-refractivity contribution < 1.29 is 22.9 Å². The molecule has 0 aliphatic rings. The number of carbonyl (C=O) groups excluding carboxylic acids is 1. The van der Waals surface area contributed by atoms with Crippen molar-refractivity contribution in [3.8, 4) is 0 Å². The first-order valence-corrected chi connectivity index (χ1v) is 6.28. The minimum Gasteiger partial charge on any atom is -0.322 e. The second-order valence-electron chi connectivity index (χ2n) is 4.63. The van der Waals surface area contributed by atoms with Crippen LogP contribution in [0.2, 0.25) is 0 Å². The number of aromatic nitrogens is 1. The van der Waals surface area contributed by atoms with Crippen molar-refractivity contribution in [1.82, 2.24) is 4.98 Å². The molecule has 9 heteroatoms. The van der Waals surface area contributed by atoms with E-state index in [1.807, 2.05) is 0 Å². The van der Waals surface area contributed by atoms with Gasteiger partial charge >= 0.3 is 6.18 Å². The van der Waals surface area contributed by atoms with Crippen LogP contribution in [0.5, 0.6) is 0 Å². The lowest BCUT2D eigenvalue weighted by molar-refractivity contribution is -0.385. The summed E-state index contributed by atoms with van der Waals surface area (Å²) in [6, 6.07) is 4.73. The Balaban J connectivity index is 2.38. The van der Waals surface area contributed by atoms with E-state index in [4.69, 9.17) is 0 Å². The third-order valence-corrected chi connectivity index (χ3v) is 2.92. The van der Waals surface area contributed by atoms with Crippen LogP contribution in [0.25, 0.3) is 0 Å². The summed E-state index contributed by atoms with van der Waals surface area (Å²) in [5.74, 6) is -0.879. The van der Waals surface area contributed by atoms with Gasteiger partial charge in [0, 0.05) is 23.6 Å². The Bertz CT molecular complexity index is 775. The second-order valence-corrected chi connectivity index (χ2v) is 4.63. The lowest BCUT2D eigenvalue weighted by atomic mass is 10.1. The van der Waals surface area contributed by atoms with E-state index in [1.54, 1.807) is 6.92 Å². The van der Waals surface area contributed by atoms with Crippen LogP contribution in [0.15, 0.2) is 36.5 Å². The maximum Gasteiger partial charge on any atom is 0.416 e. The number of hydrogen-bond acceptors (Lipinski definition) is 4. The van der Waals surface area contributed by atoms with E-state index in [0.717, 1.165) is 6.07 Å². The van der Waals surface area contributed by atoms with Gasteiger partial charge in [-0.1, -0.05) is 0 Å². The van der Waals surface area contributed by atoms with Crippen LogP contribution in [-0.4, -0.2) is 15.8 Å². The van der Waals surface area contributed by atoms with E-state index in [9.17, 15) is 28.1 Å². The molecule has 0 saturated heterocycles. The Morgan fingerprint density at radius 3 is 2.52 bits per heavy atom. The largest absolute Gasteiger partial charge is 0.416 e. The standard InChI is InChI=1S/C14H10F3N3O3/c1-8-6-10(4-5-18-8)19-13(21)11-3-2-9(14(15,16)17)7-12(11)20(22)23/h2-7H,1H3,(H,18,19,21). The maximum atomic E-state index is 12.6. The third-order valence-electron chi connectivity index (χ3n) is 2.92. The number of amides is 1. The number of carbonyl (C=O) groups is 1. The molecule has 2 rings (SSSR count). The lowest BCUT2D eigenvalue weighted by Crippen LogP contribution is -2.15. The van der Waals surface area contributed by atoms with E-state index >= 15 is 0 Å². The first-order valence-electron chi connectivity index (χ1n) is 6.28. The molecule has 0 atom stereocenters. The smallest absolute Gasteiger partial charge is 0.322 e. The molecule has 0 aliphatic carbocycles. The molecule has 1 aromatic carbocycles. The second kappa shape index (κ2) is 6.03. The first kappa shape index (κ1) is 16.4. The van der Waals surface area contributed by atoms with Gasteiger partial charge in [0.05, 0.1) is 10.5 Å². The average Bonchev–Trinajstić information content (AvgIpc) is 2.45. The van der Waals surface area contributed by atoms with Crippen LogP contribution < -0.4 is 5.32 Å². The summed E-state index contributed by atoms with van der Waals surface area (Å²) in [7, 11) is 0. The van der Waals surface area contributed by atoms with Gasteiger partial charge in [-0.15, -0.1) is 0 Å². The normalized spacial score (nSPS) is 11.1. The Morgan fingerprint density at radius 2 is 1.96 bits per heavy atom. The molecule has 6 nitrogen and oxygen atoms in total. The summed E-state index contributed by atoms with van der Waals surface area (Å²) >= 11 is 0. The van der Waals surface area contributed by atoms with Crippen molar-refractivity contribution in [3.05, 3.63) is 63.5 Å². The number of hydrogen-bond donors (Lipinski definition) is 1. The molecule has 2 aromatic rings. The zero-order chi connectivity index (χ0) is 17.2. The average molecular weight is 325 g/mol. The highest BCUT2D eigenvalue weighted by molar-refractivity contribution is 6.07. The summed E-state index contributed by atoms with van der Waals surface area (Å²) in [6.45, 7) is 1.68. The summed E-state index contributed by atoms with van der Waals surface area (Å²) in [4.78, 5) is 25.9. The number of benzene rings is 1. The molecular formula is C14H10F3N3O3. The van der Waals surface area contributed by atoms with Crippen molar-refractivity contribution in [1.29, 1.82) is 0 Å². The minimum atomic E-state index is -4.73. The number of nitrogens with one attached hydrogen (secondary N) is 1. The fourth-order valence-electron chi connectivity index (χ4n) is 1.87. The molecule has 23 heavy (non-hydrogen) atoms. The number of rotatable bonds is 3. The molecule has 1 N–H and O–H groups in total. The summed E-state index contributed by atoms with van der Waals surface area (Å²) in [5.41, 5.74) is -1.64. The van der Waals surface area contributed by atoms with Crippen LogP contribution in [-0.2, 0) is 6.18 Å². The molecule has 0 aliphatic heterocycles. The Morgan fingerprint density at radius 1 is 1.26 bits per heavy atom. The number of pyridine rings is 1. The maximum absolute atomic E-state index is 12.6. The quantitative estimate of drug-likeness (QED) is 0.690. The van der Waals surface area contributed by atoms with Crippen molar-refractivity contribution in [2.45, 2.75) is 13.1 Å². The highest BCUT2D eigenvalue weighted by Gasteiger charge is 2.34. The fraction of sp³-hybridized carbons (Fsp3) is 0.143. The number of anilines is 1. The number of alkyl halides is 3. The molecular weight excluding hydrogens is 315 g/mol. The van der Waals surface area contributed by atoms with E-state index in [1.165, 1.54) is 18.3 Å². The van der Waals surface area contributed by atoms with Gasteiger partial charge in [0.25, 0.3) is 11.6 Å². The van der Waals surface area contributed by atoms with Crippen molar-refractivity contribution >= 4 is 17.3 Å². The van der Waals surface area contributed by atoms with Gasteiger partial charge in [-0.2, -0.15) is 13.2 Å². The minimum absolute atomic E-state index is 0.330. The van der Waals surface area contributed by atoms with Crippen LogP contribution in [0.4, 0.5) is 24.5 Å². The summed E-state index contributed by atoms with van der Waals surface area (Å²) in [6.07, 6.45) is -3.31. The van der Waals surface area contributed by atoms with E-state index in [2.05, 4.69) is 10.3 Å². The predicted octanol–water partition coefficient (Wildman–Crippen LogP) is 3.57. The Kier molecular flexibility index (Phi) is 4.30. The lowest BCUT2D eigenvalue weighted by Gasteiger charge is -2.09. The Labute approximate surface area is 128 Å². The summed E-state index contributed by atoms with van der Waals surface area (Å²) < 4.78 is 37.9. The van der Waals surface area contributed by atoms with Crippen molar-refractivity contribution in [3.63, 3.8) is 0 Å². The van der Waals surface area contributed by atoms with Gasteiger partial charge in [-0.3, -0.25) is 19.9 Å². The molecule has 1 amide bonds. The fourth-order valence-corrected chi connectivity index (χ4v) is 1.87. The van der Waals surface area contributed by atoms with Gasteiger partial charge < -0.3 is 5.32 Å². The van der Waals surface area contributed by atoms with Gasteiger partial charge in [0.15, 0.2) is 0 Å². The zero-order valence-electron chi connectivity index (χ0n) is 11.7. The monoisotopic (exact) mass is 325 g/mol. The van der Waals surface area contributed by atoms with Crippen molar-refractivity contribution in [2.24, 2.45) is 0 Å². The molecule has 0 spiro atoms. The molecule has 0 fully saturated rings. The molecule has 1 heterocycles. The topological polar surface area (TPSA) is 85.1 Å². The highest BCUT2D eigenvalue weighted by Crippen LogP contribution is 2.33. The molecule has 0 unspecified atom stereocenters. The number of halogens is 3. The van der Waals surface area contributed by atoms with E-state index in [0.29, 0.717) is 23.5 Å². The predicted molar refractivity (Wildman–Crippen MR) is 75.0 cm³/mol. The Hall–Kier alpha value is -2.97. The van der Waals surface area contributed by atoms with Crippen molar-refractivity contribution in [2.75, 3.05) is 5.32 Å². The van der Waals surface area contributed by atoms with E-state index in [-0.39, 0.29) is 0 Å². The number of aryl methyl sites for hydroxylation is 1. The number of nitro benzene ring substituents is 1. The highest BCUT2D eigenvalue weighted by atomic mass is 19.4. The van der Waals surface area contributed by atoms with Crippen LogP contribution in [0, 0.1) is 17.0 Å². The third kappa shape index (κ3) is 3.82. The zero-order valence-corrected chi connectivity index (χ0v) is 11.7. The SMILES string of the molecule is Cc1cc(NC(=O)c2ccc(C(F)(F)F)cc2[N+](=O)[O-])ccn1. The number of nitro groups is 1. The molecule has 120 valence electrons. The van der Waals surface area contributed by atoms with Crippen LogP contribution in [0.3, 0.4) is 0 Å². The van der Waals surface area contributed by atoms with Gasteiger partial charge in [-0.05, 0) is 31.2 Å². The van der Waals surface area contributed by atoms with Gasteiger partial charge in [-0.25, -0.2) is 0 Å². The van der Waals surface area contributed by atoms with Crippen LogP contribution >= 0.6 is 0 Å². The number of nitrogens with zero attached hydrogens (tertiary/aromatic N) is 2. The molecule has 0 saturated carbocycles. The van der Waals surface area contributed by atoms with Gasteiger partial charge in [0.2, 0.25) is 0 Å². The first-order chi connectivity index (χ1) is 10.7. The molecule has 0 radical (unpaired) electrons. The van der Waals surface area contributed by atoms with Crippen LogP contribution in [0.1, 0.15) is 21.6 Å². The molecule has 1 aromatic heterocycles. The molecule has 0 bridgehead atoms.